The minimum atomic E-state index is 0.766. The molecule has 0 spiro atoms. The fourth-order valence-corrected chi connectivity index (χ4v) is 2.26. The van der Waals surface area contributed by atoms with Gasteiger partial charge in [0.15, 0.2) is 0 Å². The van der Waals surface area contributed by atoms with Crippen molar-refractivity contribution in [2.45, 2.75) is 13.3 Å². The summed E-state index contributed by atoms with van der Waals surface area (Å²) < 4.78 is 2.14. The second-order valence-corrected chi connectivity index (χ2v) is 4.86. The van der Waals surface area contributed by atoms with E-state index in [1.165, 1.54) is 16.6 Å². The lowest BCUT2D eigenvalue weighted by Crippen LogP contribution is -1.96. The highest BCUT2D eigenvalue weighted by molar-refractivity contribution is 6.30. The van der Waals surface area contributed by atoms with Gasteiger partial charge in [-0.2, -0.15) is 0 Å². The zero-order valence-corrected chi connectivity index (χ0v) is 10.9. The molecular weight excluding hydrogens is 244 g/mol. The Bertz CT molecular complexity index is 683. The Balaban J connectivity index is 2.00. The normalized spacial score (nSPS) is 11.0. The maximum atomic E-state index is 5.89. The number of imidazole rings is 1. The minimum absolute atomic E-state index is 0.766. The minimum Gasteiger partial charge on any atom is -0.303 e. The van der Waals surface area contributed by atoms with Crippen LogP contribution < -0.4 is 0 Å². The first-order valence-electron chi connectivity index (χ1n) is 5.90. The highest BCUT2D eigenvalue weighted by Gasteiger charge is 2.05. The van der Waals surface area contributed by atoms with Gasteiger partial charge in [0.05, 0.1) is 11.7 Å². The lowest BCUT2D eigenvalue weighted by Gasteiger charge is -2.03. The molecule has 0 aliphatic rings. The van der Waals surface area contributed by atoms with Crippen molar-refractivity contribution in [3.8, 4) is 0 Å². The summed E-state index contributed by atoms with van der Waals surface area (Å²) >= 11 is 5.89. The zero-order valence-electron chi connectivity index (χ0n) is 10.1. The quantitative estimate of drug-likeness (QED) is 0.680. The van der Waals surface area contributed by atoms with Crippen LogP contribution in [0.4, 0.5) is 0 Å². The van der Waals surface area contributed by atoms with E-state index in [1.807, 2.05) is 30.5 Å². The summed E-state index contributed by atoms with van der Waals surface area (Å²) in [4.78, 5) is 4.50. The highest BCUT2D eigenvalue weighted by Crippen LogP contribution is 2.16. The standard InChI is InChI=1S/C15H13ClN2/c1-11-3-2-8-18-14(11)10-17-15(18)9-12-4-6-13(16)7-5-12/h2-8,10H,9H2,1H3. The van der Waals surface area contributed by atoms with E-state index >= 15 is 0 Å². The smallest absolute Gasteiger partial charge is 0.117 e. The SMILES string of the molecule is Cc1cccn2c(Cc3ccc(Cl)cc3)ncc12. The van der Waals surface area contributed by atoms with Gasteiger partial charge in [0.1, 0.15) is 5.82 Å². The summed E-state index contributed by atoms with van der Waals surface area (Å²) in [5, 5.41) is 0.766. The summed E-state index contributed by atoms with van der Waals surface area (Å²) in [5.74, 6) is 1.05. The molecule has 18 heavy (non-hydrogen) atoms. The number of hydrogen-bond acceptors (Lipinski definition) is 1. The van der Waals surface area contributed by atoms with E-state index < -0.39 is 0 Å². The number of aryl methyl sites for hydroxylation is 1. The molecule has 0 aliphatic carbocycles. The average molecular weight is 257 g/mol. The van der Waals surface area contributed by atoms with Gasteiger partial charge in [0, 0.05) is 17.6 Å². The van der Waals surface area contributed by atoms with Crippen molar-refractivity contribution < 1.29 is 0 Å². The third-order valence-corrected chi connectivity index (χ3v) is 3.39. The summed E-state index contributed by atoms with van der Waals surface area (Å²) in [6.45, 7) is 2.10. The number of benzene rings is 1. The van der Waals surface area contributed by atoms with Crippen LogP contribution in [0.2, 0.25) is 5.02 Å². The first kappa shape index (κ1) is 11.3. The molecule has 3 heteroatoms. The van der Waals surface area contributed by atoms with Crippen LogP contribution in [0.1, 0.15) is 17.0 Å². The molecule has 0 saturated carbocycles. The average Bonchev–Trinajstić information content (AvgIpc) is 2.77. The maximum Gasteiger partial charge on any atom is 0.117 e. The molecule has 0 N–H and O–H groups in total. The van der Waals surface area contributed by atoms with Crippen molar-refractivity contribution in [2.75, 3.05) is 0 Å². The van der Waals surface area contributed by atoms with E-state index in [-0.39, 0.29) is 0 Å². The lowest BCUT2D eigenvalue weighted by molar-refractivity contribution is 0.959. The molecule has 3 aromatic rings. The second-order valence-electron chi connectivity index (χ2n) is 4.42. The van der Waals surface area contributed by atoms with Gasteiger partial charge in [-0.05, 0) is 36.2 Å². The zero-order chi connectivity index (χ0) is 12.5. The van der Waals surface area contributed by atoms with Crippen molar-refractivity contribution in [2.24, 2.45) is 0 Å². The lowest BCUT2D eigenvalue weighted by atomic mass is 10.1. The summed E-state index contributed by atoms with van der Waals surface area (Å²) in [7, 11) is 0. The monoisotopic (exact) mass is 256 g/mol. The molecule has 2 heterocycles. The van der Waals surface area contributed by atoms with E-state index in [1.54, 1.807) is 0 Å². The fourth-order valence-electron chi connectivity index (χ4n) is 2.13. The fraction of sp³-hybridized carbons (Fsp3) is 0.133. The van der Waals surface area contributed by atoms with E-state index in [0.717, 1.165) is 17.3 Å². The van der Waals surface area contributed by atoms with Crippen LogP contribution in [-0.4, -0.2) is 9.38 Å². The summed E-state index contributed by atoms with van der Waals surface area (Å²) in [5.41, 5.74) is 3.63. The van der Waals surface area contributed by atoms with Crippen molar-refractivity contribution in [3.05, 3.63) is 70.8 Å². The van der Waals surface area contributed by atoms with E-state index in [0.29, 0.717) is 0 Å². The molecular formula is C15H13ClN2. The third kappa shape index (κ3) is 2.00. The van der Waals surface area contributed by atoms with Gasteiger partial charge in [0.2, 0.25) is 0 Å². The first-order chi connectivity index (χ1) is 8.74. The van der Waals surface area contributed by atoms with Crippen LogP contribution in [0, 0.1) is 6.92 Å². The Kier molecular flexibility index (Phi) is 2.80. The third-order valence-electron chi connectivity index (χ3n) is 3.13. The predicted molar refractivity (Wildman–Crippen MR) is 74.2 cm³/mol. The van der Waals surface area contributed by atoms with Gasteiger partial charge in [-0.3, -0.25) is 0 Å². The van der Waals surface area contributed by atoms with Crippen LogP contribution in [0.3, 0.4) is 0 Å². The van der Waals surface area contributed by atoms with Crippen LogP contribution in [0.25, 0.3) is 5.52 Å². The van der Waals surface area contributed by atoms with Gasteiger partial charge in [0.25, 0.3) is 0 Å². The predicted octanol–water partition coefficient (Wildman–Crippen LogP) is 3.89. The second kappa shape index (κ2) is 4.46. The van der Waals surface area contributed by atoms with Gasteiger partial charge in [-0.15, -0.1) is 0 Å². The van der Waals surface area contributed by atoms with Crippen molar-refractivity contribution >= 4 is 17.1 Å². The van der Waals surface area contributed by atoms with Crippen LogP contribution in [0.15, 0.2) is 48.8 Å². The number of nitrogens with zero attached hydrogens (tertiary/aromatic N) is 2. The molecule has 2 nitrogen and oxygen atoms in total. The van der Waals surface area contributed by atoms with Crippen molar-refractivity contribution in [1.29, 1.82) is 0 Å². The number of rotatable bonds is 2. The number of halogens is 1. The molecule has 0 saturated heterocycles. The number of fused-ring (bicyclic) bond motifs is 1. The van der Waals surface area contributed by atoms with Crippen molar-refractivity contribution in [3.63, 3.8) is 0 Å². The number of aromatic nitrogens is 2. The number of pyridine rings is 1. The van der Waals surface area contributed by atoms with Gasteiger partial charge >= 0.3 is 0 Å². The van der Waals surface area contributed by atoms with Crippen LogP contribution in [-0.2, 0) is 6.42 Å². The Hall–Kier alpha value is -1.80. The molecule has 0 radical (unpaired) electrons. The first-order valence-corrected chi connectivity index (χ1v) is 6.28. The van der Waals surface area contributed by atoms with E-state index in [4.69, 9.17) is 11.6 Å². The van der Waals surface area contributed by atoms with E-state index in [2.05, 4.69) is 34.6 Å². The summed E-state index contributed by atoms with van der Waals surface area (Å²) in [6, 6.07) is 12.1. The largest absolute Gasteiger partial charge is 0.303 e. The highest BCUT2D eigenvalue weighted by atomic mass is 35.5. The molecule has 0 aliphatic heterocycles. The molecule has 2 aromatic heterocycles. The molecule has 0 amide bonds. The van der Waals surface area contributed by atoms with Gasteiger partial charge in [-0.25, -0.2) is 4.98 Å². The molecule has 0 fully saturated rings. The van der Waals surface area contributed by atoms with E-state index in [9.17, 15) is 0 Å². The van der Waals surface area contributed by atoms with Gasteiger partial charge < -0.3 is 4.40 Å². The molecule has 1 aromatic carbocycles. The maximum absolute atomic E-state index is 5.89. The Morgan fingerprint density at radius 3 is 2.72 bits per heavy atom. The molecule has 0 bridgehead atoms. The molecule has 3 rings (SSSR count). The van der Waals surface area contributed by atoms with Crippen LogP contribution >= 0.6 is 11.6 Å². The Morgan fingerprint density at radius 1 is 1.17 bits per heavy atom. The molecule has 0 unspecified atom stereocenters. The number of hydrogen-bond donors (Lipinski definition) is 0. The topological polar surface area (TPSA) is 17.3 Å². The van der Waals surface area contributed by atoms with Crippen LogP contribution in [0.5, 0.6) is 0 Å². The molecule has 0 atom stereocenters. The van der Waals surface area contributed by atoms with Gasteiger partial charge in [-0.1, -0.05) is 29.8 Å². The molecule has 90 valence electrons. The summed E-state index contributed by atoms with van der Waals surface area (Å²) in [6.07, 6.45) is 4.80. The Morgan fingerprint density at radius 2 is 1.94 bits per heavy atom. The van der Waals surface area contributed by atoms with Crippen molar-refractivity contribution in [1.82, 2.24) is 9.38 Å². The Labute approximate surface area is 111 Å².